The number of halogens is 2. The first-order valence-corrected chi connectivity index (χ1v) is 6.08. The molecular weight excluding hydrogens is 295 g/mol. The molecule has 2 nitrogen and oxygen atoms in total. The van der Waals surface area contributed by atoms with Gasteiger partial charge in [-0.3, -0.25) is 0 Å². The second-order valence-electron chi connectivity index (χ2n) is 3.13. The Morgan fingerprint density at radius 2 is 2.06 bits per heavy atom. The molecule has 2 rings (SSSR count). The molecule has 0 unspecified atom stereocenters. The highest BCUT2D eigenvalue weighted by Crippen LogP contribution is 2.34. The lowest BCUT2D eigenvalue weighted by Gasteiger charge is -2.05. The second-order valence-corrected chi connectivity index (χ2v) is 4.73. The van der Waals surface area contributed by atoms with Crippen LogP contribution in [0.2, 0.25) is 0 Å². The Hall–Kier alpha value is -1.20. The summed E-state index contributed by atoms with van der Waals surface area (Å²) in [5.41, 5.74) is 1.25. The van der Waals surface area contributed by atoms with Crippen LogP contribution < -0.4 is 0 Å². The lowest BCUT2D eigenvalue weighted by atomic mass is 10.0. The third-order valence-corrected chi connectivity index (χ3v) is 3.82. The summed E-state index contributed by atoms with van der Waals surface area (Å²) >= 11 is 4.78. The van der Waals surface area contributed by atoms with Crippen LogP contribution in [0.15, 0.2) is 33.4 Å². The molecule has 1 aromatic heterocycles. The number of carboxylic acid groups (broad SMARTS) is 1. The van der Waals surface area contributed by atoms with Gasteiger partial charge in [-0.2, -0.15) is 11.3 Å². The van der Waals surface area contributed by atoms with Crippen LogP contribution in [0.5, 0.6) is 0 Å². The van der Waals surface area contributed by atoms with Gasteiger partial charge in [0, 0.05) is 15.4 Å². The highest BCUT2D eigenvalue weighted by molar-refractivity contribution is 9.10. The molecule has 2 aromatic rings. The van der Waals surface area contributed by atoms with Crippen molar-refractivity contribution in [2.45, 2.75) is 0 Å². The molecule has 1 aromatic carbocycles. The van der Waals surface area contributed by atoms with E-state index in [1.807, 2.05) is 10.8 Å². The van der Waals surface area contributed by atoms with Crippen molar-refractivity contribution in [3.05, 3.63) is 44.8 Å². The van der Waals surface area contributed by atoms with Gasteiger partial charge in [-0.15, -0.1) is 0 Å². The van der Waals surface area contributed by atoms with Gasteiger partial charge in [-0.05, 0) is 39.0 Å². The highest BCUT2D eigenvalue weighted by atomic mass is 79.9. The Morgan fingerprint density at radius 1 is 1.31 bits per heavy atom. The van der Waals surface area contributed by atoms with Crippen LogP contribution in [-0.2, 0) is 0 Å². The summed E-state index contributed by atoms with van der Waals surface area (Å²) in [6, 6.07) is 3.76. The smallest absolute Gasteiger partial charge is 0.336 e. The zero-order chi connectivity index (χ0) is 11.7. The molecule has 1 N–H and O–H groups in total. The quantitative estimate of drug-likeness (QED) is 0.910. The van der Waals surface area contributed by atoms with E-state index in [1.54, 1.807) is 0 Å². The summed E-state index contributed by atoms with van der Waals surface area (Å²) in [6.07, 6.45) is 0. The molecule has 0 amide bonds. The van der Waals surface area contributed by atoms with Crippen molar-refractivity contribution in [2.75, 3.05) is 0 Å². The van der Waals surface area contributed by atoms with E-state index in [4.69, 9.17) is 5.11 Å². The molecule has 0 atom stereocenters. The molecule has 0 spiro atoms. The largest absolute Gasteiger partial charge is 0.478 e. The summed E-state index contributed by atoms with van der Waals surface area (Å²) in [6.45, 7) is 0. The van der Waals surface area contributed by atoms with Crippen molar-refractivity contribution in [3.8, 4) is 11.1 Å². The lowest BCUT2D eigenvalue weighted by Crippen LogP contribution is -2.00. The number of hydrogen-bond acceptors (Lipinski definition) is 2. The first-order valence-electron chi connectivity index (χ1n) is 4.34. The molecule has 5 heteroatoms. The number of carbonyl (C=O) groups is 1. The number of aromatic carboxylic acids is 1. The zero-order valence-electron chi connectivity index (χ0n) is 7.91. The van der Waals surface area contributed by atoms with Crippen LogP contribution in [0, 0.1) is 5.82 Å². The summed E-state index contributed by atoms with van der Waals surface area (Å²) in [5.74, 6) is -1.68. The Balaban J connectivity index is 2.65. The zero-order valence-corrected chi connectivity index (χ0v) is 10.3. The Kier molecular flexibility index (Phi) is 3.07. The second kappa shape index (κ2) is 4.35. The van der Waals surface area contributed by atoms with Crippen molar-refractivity contribution in [1.29, 1.82) is 0 Å². The third kappa shape index (κ3) is 2.01. The van der Waals surface area contributed by atoms with Gasteiger partial charge in [0.2, 0.25) is 0 Å². The maximum atomic E-state index is 13.0. The third-order valence-electron chi connectivity index (χ3n) is 2.12. The van der Waals surface area contributed by atoms with E-state index in [2.05, 4.69) is 15.9 Å². The molecule has 0 saturated heterocycles. The SMILES string of the molecule is O=C(O)c1cc(F)ccc1-c1cscc1Br. The van der Waals surface area contributed by atoms with Crippen molar-refractivity contribution in [1.82, 2.24) is 0 Å². The molecule has 0 bridgehead atoms. The maximum Gasteiger partial charge on any atom is 0.336 e. The molecule has 0 fully saturated rings. The van der Waals surface area contributed by atoms with Gasteiger partial charge < -0.3 is 5.11 Å². The minimum absolute atomic E-state index is 0.0286. The predicted octanol–water partition coefficient (Wildman–Crippen LogP) is 4.01. The molecule has 82 valence electrons. The molecule has 0 saturated carbocycles. The Bertz CT molecular complexity index is 551. The minimum Gasteiger partial charge on any atom is -0.478 e. The summed E-state index contributed by atoms with van der Waals surface area (Å²) in [5, 5.41) is 12.7. The summed E-state index contributed by atoms with van der Waals surface area (Å²) in [4.78, 5) is 11.0. The van der Waals surface area contributed by atoms with E-state index in [0.717, 1.165) is 16.1 Å². The normalized spacial score (nSPS) is 10.4. The van der Waals surface area contributed by atoms with Gasteiger partial charge in [0.15, 0.2) is 0 Å². The highest BCUT2D eigenvalue weighted by Gasteiger charge is 2.15. The topological polar surface area (TPSA) is 37.3 Å². The number of thiophene rings is 1. The van der Waals surface area contributed by atoms with E-state index in [9.17, 15) is 9.18 Å². The standard InChI is InChI=1S/C11H6BrFO2S/c12-10-5-16-4-9(10)7-2-1-6(13)3-8(7)11(14)15/h1-5H,(H,14,15). The predicted molar refractivity (Wildman–Crippen MR) is 64.4 cm³/mol. The Morgan fingerprint density at radius 3 is 2.62 bits per heavy atom. The maximum absolute atomic E-state index is 13.0. The van der Waals surface area contributed by atoms with Crippen LogP contribution in [0.3, 0.4) is 0 Å². The average molecular weight is 301 g/mol. The van der Waals surface area contributed by atoms with E-state index in [0.29, 0.717) is 5.56 Å². The monoisotopic (exact) mass is 300 g/mol. The number of benzene rings is 1. The van der Waals surface area contributed by atoms with Crippen molar-refractivity contribution in [3.63, 3.8) is 0 Å². The fourth-order valence-electron chi connectivity index (χ4n) is 1.40. The van der Waals surface area contributed by atoms with Crippen molar-refractivity contribution >= 4 is 33.2 Å². The summed E-state index contributed by atoms with van der Waals surface area (Å²) < 4.78 is 13.8. The van der Waals surface area contributed by atoms with Crippen LogP contribution in [0.25, 0.3) is 11.1 Å². The lowest BCUT2D eigenvalue weighted by molar-refractivity contribution is 0.0697. The van der Waals surface area contributed by atoms with Crippen molar-refractivity contribution < 1.29 is 14.3 Å². The fraction of sp³-hybridized carbons (Fsp3) is 0. The number of hydrogen-bond donors (Lipinski definition) is 1. The number of carboxylic acids is 1. The average Bonchev–Trinajstić information content (AvgIpc) is 2.64. The van der Waals surface area contributed by atoms with Crippen LogP contribution >= 0.6 is 27.3 Å². The molecule has 0 aliphatic rings. The first-order chi connectivity index (χ1) is 7.59. The van der Waals surface area contributed by atoms with Gasteiger partial charge in [0.05, 0.1) is 5.56 Å². The molecule has 0 aliphatic carbocycles. The van der Waals surface area contributed by atoms with Gasteiger partial charge in [0.25, 0.3) is 0 Å². The number of rotatable bonds is 2. The van der Waals surface area contributed by atoms with Crippen molar-refractivity contribution in [2.24, 2.45) is 0 Å². The van der Waals surface area contributed by atoms with Crippen LogP contribution in [-0.4, -0.2) is 11.1 Å². The van der Waals surface area contributed by atoms with Crippen LogP contribution in [0.4, 0.5) is 4.39 Å². The Labute approximate surface area is 103 Å². The molecule has 16 heavy (non-hydrogen) atoms. The van der Waals surface area contributed by atoms with E-state index >= 15 is 0 Å². The van der Waals surface area contributed by atoms with E-state index in [1.165, 1.54) is 23.5 Å². The van der Waals surface area contributed by atoms with Gasteiger partial charge in [-0.25, -0.2) is 9.18 Å². The molecule has 0 aliphatic heterocycles. The van der Waals surface area contributed by atoms with Gasteiger partial charge in [-0.1, -0.05) is 6.07 Å². The van der Waals surface area contributed by atoms with Gasteiger partial charge >= 0.3 is 5.97 Å². The van der Waals surface area contributed by atoms with E-state index in [-0.39, 0.29) is 5.56 Å². The van der Waals surface area contributed by atoms with E-state index < -0.39 is 11.8 Å². The minimum atomic E-state index is -1.13. The van der Waals surface area contributed by atoms with Crippen LogP contribution in [0.1, 0.15) is 10.4 Å². The molecule has 1 heterocycles. The van der Waals surface area contributed by atoms with Gasteiger partial charge in [0.1, 0.15) is 5.82 Å². The molecular formula is C11H6BrFO2S. The summed E-state index contributed by atoms with van der Waals surface area (Å²) in [7, 11) is 0. The first kappa shape index (κ1) is 11.3. The fourth-order valence-corrected chi connectivity index (χ4v) is 2.91. The molecule has 0 radical (unpaired) electrons.